The molecule has 0 bridgehead atoms. The van der Waals surface area contributed by atoms with Crippen molar-refractivity contribution in [3.63, 3.8) is 0 Å². The van der Waals surface area contributed by atoms with Gasteiger partial charge in [0.25, 0.3) is 0 Å². The van der Waals surface area contributed by atoms with E-state index in [0.717, 1.165) is 55.3 Å². The second-order valence-electron chi connectivity index (χ2n) is 11.1. The van der Waals surface area contributed by atoms with E-state index in [2.05, 4.69) is 77.4 Å². The highest BCUT2D eigenvalue weighted by Gasteiger charge is 2.27. The third-order valence-corrected chi connectivity index (χ3v) is 8.44. The Balaban J connectivity index is 1.35. The molecule has 38 heavy (non-hydrogen) atoms. The minimum atomic E-state index is 0.528. The number of benzene rings is 3. The van der Waals surface area contributed by atoms with Crippen molar-refractivity contribution in [1.82, 2.24) is 19.8 Å². The largest absolute Gasteiger partial charge is 0.338 e. The van der Waals surface area contributed by atoms with Gasteiger partial charge in [-0.05, 0) is 86.1 Å². The van der Waals surface area contributed by atoms with Crippen LogP contribution in [0.1, 0.15) is 42.6 Å². The van der Waals surface area contributed by atoms with Crippen LogP contribution in [-0.2, 0) is 6.54 Å². The highest BCUT2D eigenvalue weighted by atomic mass is 35.5. The van der Waals surface area contributed by atoms with Crippen LogP contribution in [0.4, 0.5) is 0 Å². The van der Waals surface area contributed by atoms with Gasteiger partial charge in [-0.2, -0.15) is 0 Å². The molecule has 1 aromatic heterocycles. The first-order valence-corrected chi connectivity index (χ1v) is 14.3. The molecule has 0 spiro atoms. The van der Waals surface area contributed by atoms with Crippen molar-refractivity contribution in [2.75, 3.05) is 33.7 Å². The van der Waals surface area contributed by atoms with Gasteiger partial charge in [0.05, 0.1) is 21.1 Å². The Morgan fingerprint density at radius 3 is 2.39 bits per heavy atom. The molecular formula is C32H34Cl2N4. The van der Waals surface area contributed by atoms with Crippen LogP contribution < -0.4 is 0 Å². The van der Waals surface area contributed by atoms with Gasteiger partial charge >= 0.3 is 0 Å². The molecule has 6 rings (SSSR count). The molecule has 6 heteroatoms. The van der Waals surface area contributed by atoms with Crippen LogP contribution >= 0.6 is 23.2 Å². The summed E-state index contributed by atoms with van der Waals surface area (Å²) in [4.78, 5) is 13.4. The van der Waals surface area contributed by atoms with Gasteiger partial charge in [0, 0.05) is 31.8 Å². The summed E-state index contributed by atoms with van der Waals surface area (Å²) in [5, 5.41) is 1.07. The average molecular weight is 546 g/mol. The van der Waals surface area contributed by atoms with Crippen LogP contribution in [0.3, 0.4) is 0 Å². The van der Waals surface area contributed by atoms with Crippen molar-refractivity contribution in [2.45, 2.75) is 32.2 Å². The van der Waals surface area contributed by atoms with Crippen molar-refractivity contribution in [3.05, 3.63) is 93.2 Å². The summed E-state index contributed by atoms with van der Waals surface area (Å²) < 4.78 is 0. The van der Waals surface area contributed by atoms with Gasteiger partial charge in [-0.25, -0.2) is 4.98 Å². The first-order chi connectivity index (χ1) is 18.4. The fourth-order valence-electron chi connectivity index (χ4n) is 5.60. The van der Waals surface area contributed by atoms with Crippen LogP contribution in [0.2, 0.25) is 10.0 Å². The third-order valence-electron chi connectivity index (χ3n) is 7.72. The van der Waals surface area contributed by atoms with Gasteiger partial charge in [-0.15, -0.1) is 0 Å². The highest BCUT2D eigenvalue weighted by molar-refractivity contribution is 6.42. The van der Waals surface area contributed by atoms with Gasteiger partial charge in [0.2, 0.25) is 0 Å². The van der Waals surface area contributed by atoms with Crippen molar-refractivity contribution in [2.24, 2.45) is 5.92 Å². The van der Waals surface area contributed by atoms with E-state index in [0.29, 0.717) is 10.0 Å². The molecule has 1 N–H and O–H groups in total. The van der Waals surface area contributed by atoms with E-state index in [9.17, 15) is 0 Å². The minimum absolute atomic E-state index is 0.528. The van der Waals surface area contributed by atoms with E-state index >= 15 is 0 Å². The Labute approximate surface area is 235 Å². The summed E-state index contributed by atoms with van der Waals surface area (Å²) in [6.07, 6.45) is 4.93. The number of fused-ring (bicyclic) bond motifs is 1. The lowest BCUT2D eigenvalue weighted by Gasteiger charge is -2.29. The standard InChI is InChI=1S/C32H34Cl2N4/c1-37(2)19-22-4-3-5-26(16-22)23-8-10-24(11-9-23)31(25-12-14-38(15-13-25)20-21-6-7-21)32-35-29-17-27(33)28(34)18-30(29)36-32/h3-5,8-11,16-18,21H,6-7,12-15,19-20H2,1-2H3,(H,35,36). The third kappa shape index (κ3) is 5.69. The predicted octanol–water partition coefficient (Wildman–Crippen LogP) is 7.91. The highest BCUT2D eigenvalue weighted by Crippen LogP contribution is 2.36. The van der Waals surface area contributed by atoms with Gasteiger partial charge in [-0.1, -0.05) is 71.2 Å². The second-order valence-corrected chi connectivity index (χ2v) is 11.9. The van der Waals surface area contributed by atoms with E-state index in [-0.39, 0.29) is 0 Å². The molecule has 2 heterocycles. The number of imidazole rings is 1. The molecule has 1 saturated heterocycles. The normalized spacial score (nSPS) is 16.5. The maximum absolute atomic E-state index is 6.32. The quantitative estimate of drug-likeness (QED) is 0.256. The van der Waals surface area contributed by atoms with Crippen molar-refractivity contribution >= 4 is 39.8 Å². The lowest BCUT2D eigenvalue weighted by molar-refractivity contribution is 0.247. The summed E-state index contributed by atoms with van der Waals surface area (Å²) in [5.74, 6) is 1.82. The maximum Gasteiger partial charge on any atom is 0.139 e. The molecule has 0 radical (unpaired) electrons. The molecule has 1 saturated carbocycles. The van der Waals surface area contributed by atoms with Crippen LogP contribution in [-0.4, -0.2) is 53.5 Å². The van der Waals surface area contributed by atoms with Crippen molar-refractivity contribution in [3.8, 4) is 11.1 Å². The first kappa shape index (κ1) is 25.6. The zero-order chi connectivity index (χ0) is 26.2. The number of likely N-dealkylation sites (tertiary alicyclic amines) is 1. The number of halogens is 2. The molecule has 0 amide bonds. The molecule has 1 aliphatic heterocycles. The van der Waals surface area contributed by atoms with Crippen LogP contribution in [0, 0.1) is 5.92 Å². The predicted molar refractivity (Wildman–Crippen MR) is 160 cm³/mol. The Kier molecular flexibility index (Phi) is 7.33. The summed E-state index contributed by atoms with van der Waals surface area (Å²) in [5.41, 5.74) is 9.41. The number of aromatic amines is 1. The first-order valence-electron chi connectivity index (χ1n) is 13.6. The molecule has 4 aromatic rings. The second kappa shape index (κ2) is 10.9. The fourth-order valence-corrected chi connectivity index (χ4v) is 5.92. The number of piperidine rings is 1. The van der Waals surface area contributed by atoms with E-state index < -0.39 is 0 Å². The summed E-state index contributed by atoms with van der Waals surface area (Å²) >= 11 is 12.6. The Morgan fingerprint density at radius 2 is 1.68 bits per heavy atom. The number of H-pyrrole nitrogens is 1. The number of hydrogen-bond acceptors (Lipinski definition) is 3. The van der Waals surface area contributed by atoms with Crippen LogP contribution in [0.25, 0.3) is 27.7 Å². The van der Waals surface area contributed by atoms with Gasteiger partial charge in [0.1, 0.15) is 5.82 Å². The van der Waals surface area contributed by atoms with Crippen molar-refractivity contribution in [1.29, 1.82) is 0 Å². The Morgan fingerprint density at radius 1 is 0.947 bits per heavy atom. The molecule has 2 fully saturated rings. The van der Waals surface area contributed by atoms with E-state index in [1.165, 1.54) is 52.8 Å². The Bertz CT molecular complexity index is 1430. The van der Waals surface area contributed by atoms with Crippen LogP contribution in [0.15, 0.2) is 66.2 Å². The minimum Gasteiger partial charge on any atom is -0.338 e. The molecule has 1 aliphatic carbocycles. The summed E-state index contributed by atoms with van der Waals surface area (Å²) in [6, 6.07) is 21.5. The molecule has 196 valence electrons. The lowest BCUT2D eigenvalue weighted by atomic mass is 9.91. The van der Waals surface area contributed by atoms with E-state index in [1.807, 2.05) is 12.1 Å². The zero-order valence-electron chi connectivity index (χ0n) is 22.1. The van der Waals surface area contributed by atoms with Crippen molar-refractivity contribution < 1.29 is 0 Å². The topological polar surface area (TPSA) is 35.2 Å². The summed E-state index contributed by atoms with van der Waals surface area (Å²) in [6.45, 7) is 4.42. The maximum atomic E-state index is 6.32. The number of nitrogens with zero attached hydrogens (tertiary/aromatic N) is 3. The smallest absolute Gasteiger partial charge is 0.139 e. The number of aromatic nitrogens is 2. The van der Waals surface area contributed by atoms with Gasteiger partial charge < -0.3 is 14.8 Å². The SMILES string of the molecule is CN(C)Cc1cccc(-c2ccc(C(=C3CCN(CC4CC4)CC3)c3nc4cc(Cl)c(Cl)cc4[nH]3)cc2)c1. The molecule has 2 aliphatic rings. The fraction of sp³-hybridized carbons (Fsp3) is 0.344. The molecule has 3 aromatic carbocycles. The molecule has 4 nitrogen and oxygen atoms in total. The average Bonchev–Trinajstić information content (AvgIpc) is 3.64. The summed E-state index contributed by atoms with van der Waals surface area (Å²) in [7, 11) is 4.21. The van der Waals surface area contributed by atoms with Crippen LogP contribution in [0.5, 0.6) is 0 Å². The number of nitrogens with one attached hydrogen (secondary N) is 1. The van der Waals surface area contributed by atoms with Gasteiger partial charge in [-0.3, -0.25) is 0 Å². The van der Waals surface area contributed by atoms with Gasteiger partial charge in [0.15, 0.2) is 0 Å². The zero-order valence-corrected chi connectivity index (χ0v) is 23.6. The molecule has 0 unspecified atom stereocenters. The molecular weight excluding hydrogens is 511 g/mol. The number of hydrogen-bond donors (Lipinski definition) is 1. The van der Waals surface area contributed by atoms with E-state index in [4.69, 9.17) is 28.2 Å². The lowest BCUT2D eigenvalue weighted by Crippen LogP contribution is -2.32. The van der Waals surface area contributed by atoms with E-state index in [1.54, 1.807) is 0 Å². The number of rotatable bonds is 7. The Hall–Kier alpha value is -2.63. The molecule has 0 atom stereocenters. The monoisotopic (exact) mass is 544 g/mol.